The van der Waals surface area contributed by atoms with Gasteiger partial charge in [0.15, 0.2) is 0 Å². The number of hydrogen-bond donors (Lipinski definition) is 1. The minimum atomic E-state index is -0.824. The molecule has 0 aromatic carbocycles. The van der Waals surface area contributed by atoms with Crippen molar-refractivity contribution < 1.29 is 19.5 Å². The van der Waals surface area contributed by atoms with Crippen molar-refractivity contribution in [3.05, 3.63) is 27.9 Å². The average molecular weight is 252 g/mol. The SMILES string of the molecule is CCC(O)CC(=O)C(=[N+]=[N-])C(=O)c1cccs1. The first-order valence-electron chi connectivity index (χ1n) is 5.11. The Morgan fingerprint density at radius 2 is 2.29 bits per heavy atom. The summed E-state index contributed by atoms with van der Waals surface area (Å²) in [6.07, 6.45) is -0.639. The fourth-order valence-electron chi connectivity index (χ4n) is 1.21. The molecule has 1 rings (SSSR count). The zero-order valence-electron chi connectivity index (χ0n) is 9.29. The van der Waals surface area contributed by atoms with E-state index in [9.17, 15) is 14.7 Å². The van der Waals surface area contributed by atoms with Gasteiger partial charge in [0.05, 0.1) is 11.0 Å². The third-order valence-electron chi connectivity index (χ3n) is 2.22. The molecule has 1 aromatic heterocycles. The molecule has 6 heteroatoms. The van der Waals surface area contributed by atoms with Gasteiger partial charge >= 0.3 is 5.71 Å². The van der Waals surface area contributed by atoms with Gasteiger partial charge in [0.2, 0.25) is 0 Å². The molecule has 1 heterocycles. The van der Waals surface area contributed by atoms with Crippen LogP contribution in [0.4, 0.5) is 0 Å². The van der Waals surface area contributed by atoms with Crippen molar-refractivity contribution in [1.82, 2.24) is 0 Å². The van der Waals surface area contributed by atoms with Crippen LogP contribution in [0, 0.1) is 0 Å². The molecule has 0 saturated carbocycles. The van der Waals surface area contributed by atoms with E-state index in [0.29, 0.717) is 11.3 Å². The van der Waals surface area contributed by atoms with Crippen LogP contribution in [0.1, 0.15) is 29.4 Å². The summed E-state index contributed by atoms with van der Waals surface area (Å²) in [5.74, 6) is -1.27. The van der Waals surface area contributed by atoms with E-state index in [-0.39, 0.29) is 6.42 Å². The summed E-state index contributed by atoms with van der Waals surface area (Å²) in [5, 5.41) is 11.0. The maximum atomic E-state index is 11.8. The van der Waals surface area contributed by atoms with Crippen LogP contribution in [0.5, 0.6) is 0 Å². The zero-order chi connectivity index (χ0) is 12.8. The van der Waals surface area contributed by atoms with E-state index in [1.54, 1.807) is 24.4 Å². The minimum Gasteiger partial charge on any atom is -0.393 e. The number of hydrogen-bond acceptors (Lipinski definition) is 4. The van der Waals surface area contributed by atoms with Crippen LogP contribution in [0.25, 0.3) is 5.53 Å². The smallest absolute Gasteiger partial charge is 0.393 e. The van der Waals surface area contributed by atoms with Crippen LogP contribution < -0.4 is 0 Å². The number of aliphatic hydroxyl groups excluding tert-OH is 1. The lowest BCUT2D eigenvalue weighted by atomic mass is 10.0. The fourth-order valence-corrected chi connectivity index (χ4v) is 1.87. The summed E-state index contributed by atoms with van der Waals surface area (Å²) < 4.78 is 0. The zero-order valence-corrected chi connectivity index (χ0v) is 10.1. The van der Waals surface area contributed by atoms with Crippen molar-refractivity contribution in [2.24, 2.45) is 0 Å². The van der Waals surface area contributed by atoms with E-state index in [1.165, 1.54) is 0 Å². The highest BCUT2D eigenvalue weighted by atomic mass is 32.1. The Kier molecular flexibility index (Phi) is 4.90. The highest BCUT2D eigenvalue weighted by Crippen LogP contribution is 2.11. The Hall–Kier alpha value is -1.62. The molecule has 1 N–H and O–H groups in total. The average Bonchev–Trinajstić information content (AvgIpc) is 2.83. The van der Waals surface area contributed by atoms with Gasteiger partial charge in [-0.3, -0.25) is 9.59 Å². The summed E-state index contributed by atoms with van der Waals surface area (Å²) in [6.45, 7) is 1.72. The number of aliphatic hydroxyl groups is 1. The number of Topliss-reactive ketones (excluding diaryl/α,β-unsaturated/α-hetero) is 2. The number of carbonyl (C=O) groups excluding carboxylic acids is 2. The molecule has 0 aliphatic carbocycles. The van der Waals surface area contributed by atoms with Gasteiger partial charge in [0, 0.05) is 6.42 Å². The lowest BCUT2D eigenvalue weighted by Crippen LogP contribution is -2.28. The molecule has 17 heavy (non-hydrogen) atoms. The first kappa shape index (κ1) is 13.4. The number of ketones is 2. The minimum absolute atomic E-state index is 0.215. The van der Waals surface area contributed by atoms with Crippen molar-refractivity contribution in [3.63, 3.8) is 0 Å². The van der Waals surface area contributed by atoms with Gasteiger partial charge in [-0.05, 0) is 17.9 Å². The summed E-state index contributed by atoms with van der Waals surface area (Å²) in [4.78, 5) is 26.5. The van der Waals surface area contributed by atoms with Crippen molar-refractivity contribution in [2.75, 3.05) is 0 Å². The molecule has 5 nitrogen and oxygen atoms in total. The Bertz CT molecular complexity index is 461. The van der Waals surface area contributed by atoms with E-state index in [2.05, 4.69) is 4.79 Å². The number of carbonyl (C=O) groups is 2. The van der Waals surface area contributed by atoms with E-state index in [1.807, 2.05) is 0 Å². The molecule has 0 bridgehead atoms. The van der Waals surface area contributed by atoms with Crippen molar-refractivity contribution in [2.45, 2.75) is 25.9 Å². The maximum absolute atomic E-state index is 11.8. The van der Waals surface area contributed by atoms with Crippen LogP contribution in [0.15, 0.2) is 17.5 Å². The highest BCUT2D eigenvalue weighted by Gasteiger charge is 2.31. The molecule has 0 aliphatic rings. The largest absolute Gasteiger partial charge is 0.406 e. The monoisotopic (exact) mass is 252 g/mol. The van der Waals surface area contributed by atoms with Crippen molar-refractivity contribution >= 4 is 28.6 Å². The van der Waals surface area contributed by atoms with Crippen LogP contribution >= 0.6 is 11.3 Å². The van der Waals surface area contributed by atoms with Crippen LogP contribution in [0.3, 0.4) is 0 Å². The number of rotatable bonds is 6. The van der Waals surface area contributed by atoms with E-state index < -0.39 is 23.4 Å². The summed E-state index contributed by atoms with van der Waals surface area (Å²) >= 11 is 1.16. The molecule has 1 unspecified atom stereocenters. The summed E-state index contributed by atoms with van der Waals surface area (Å²) in [5.41, 5.74) is 8.19. The molecular formula is C11H12N2O3S. The quantitative estimate of drug-likeness (QED) is 0.272. The second kappa shape index (κ2) is 6.20. The van der Waals surface area contributed by atoms with Crippen molar-refractivity contribution in [3.8, 4) is 0 Å². The molecule has 0 radical (unpaired) electrons. The Morgan fingerprint density at radius 1 is 1.59 bits per heavy atom. The first-order chi connectivity index (χ1) is 8.10. The van der Waals surface area contributed by atoms with Gasteiger partial charge in [-0.15, -0.1) is 11.3 Å². The molecule has 0 fully saturated rings. The molecule has 0 aliphatic heterocycles. The van der Waals surface area contributed by atoms with Gasteiger partial charge in [0.25, 0.3) is 11.6 Å². The predicted molar refractivity (Wildman–Crippen MR) is 63.2 cm³/mol. The third kappa shape index (κ3) is 3.42. The van der Waals surface area contributed by atoms with E-state index >= 15 is 0 Å². The fraction of sp³-hybridized carbons (Fsp3) is 0.364. The Labute approximate surface area is 102 Å². The molecular weight excluding hydrogens is 240 g/mol. The second-order valence-electron chi connectivity index (χ2n) is 3.44. The van der Waals surface area contributed by atoms with Crippen LogP contribution in [0.2, 0.25) is 0 Å². The van der Waals surface area contributed by atoms with E-state index in [4.69, 9.17) is 5.53 Å². The molecule has 1 atom stereocenters. The Balaban J connectivity index is 2.83. The van der Waals surface area contributed by atoms with Crippen molar-refractivity contribution in [1.29, 1.82) is 0 Å². The molecule has 1 aromatic rings. The lowest BCUT2D eigenvalue weighted by molar-refractivity contribution is -0.118. The molecule has 0 amide bonds. The molecule has 0 spiro atoms. The lowest BCUT2D eigenvalue weighted by Gasteiger charge is -2.02. The summed E-state index contributed by atoms with van der Waals surface area (Å²) in [7, 11) is 0. The maximum Gasteiger partial charge on any atom is 0.406 e. The normalized spacial score (nSPS) is 11.6. The van der Waals surface area contributed by atoms with Gasteiger partial charge < -0.3 is 10.6 Å². The van der Waals surface area contributed by atoms with Gasteiger partial charge in [-0.2, -0.15) is 4.79 Å². The Morgan fingerprint density at radius 3 is 2.76 bits per heavy atom. The summed E-state index contributed by atoms with van der Waals surface area (Å²) in [6, 6.07) is 3.21. The van der Waals surface area contributed by atoms with Gasteiger partial charge in [0.1, 0.15) is 0 Å². The third-order valence-corrected chi connectivity index (χ3v) is 3.09. The van der Waals surface area contributed by atoms with Crippen LogP contribution in [-0.4, -0.2) is 33.3 Å². The predicted octanol–water partition coefficient (Wildman–Crippen LogP) is 1.33. The second-order valence-corrected chi connectivity index (χ2v) is 4.39. The molecule has 0 saturated heterocycles. The highest BCUT2D eigenvalue weighted by molar-refractivity contribution is 7.13. The number of thiophene rings is 1. The molecule has 90 valence electrons. The number of nitrogens with zero attached hydrogens (tertiary/aromatic N) is 2. The van der Waals surface area contributed by atoms with Crippen LogP contribution in [-0.2, 0) is 4.79 Å². The standard InChI is InChI=1S/C11H12N2O3S/c1-2-7(14)6-8(15)10(13-12)11(16)9-4-3-5-17-9/h3-5,7,14H,2,6H2,1H3. The van der Waals surface area contributed by atoms with Gasteiger partial charge in [-0.25, -0.2) is 0 Å². The first-order valence-corrected chi connectivity index (χ1v) is 5.99. The topological polar surface area (TPSA) is 90.8 Å². The van der Waals surface area contributed by atoms with Gasteiger partial charge in [-0.1, -0.05) is 13.0 Å². The van der Waals surface area contributed by atoms with E-state index in [0.717, 1.165) is 11.3 Å².